The van der Waals surface area contributed by atoms with E-state index in [0.29, 0.717) is 22.2 Å². The Bertz CT molecular complexity index is 1230. The maximum Gasteiger partial charge on any atom is 0.243 e. The summed E-state index contributed by atoms with van der Waals surface area (Å²) in [6.07, 6.45) is 7.27. The molecule has 7 nitrogen and oxygen atoms in total. The van der Waals surface area contributed by atoms with Crippen LogP contribution in [-0.4, -0.2) is 50.0 Å². The van der Waals surface area contributed by atoms with Gasteiger partial charge in [0, 0.05) is 35.6 Å². The van der Waals surface area contributed by atoms with E-state index in [9.17, 15) is 18.0 Å². The second kappa shape index (κ2) is 14.4. The molecular formula is C29H39Cl2N3O4S. The van der Waals surface area contributed by atoms with Gasteiger partial charge in [0.1, 0.15) is 6.04 Å². The number of hydrogen-bond acceptors (Lipinski definition) is 4. The number of aryl methyl sites for hydroxylation is 1. The van der Waals surface area contributed by atoms with Crippen molar-refractivity contribution in [2.45, 2.75) is 83.8 Å². The highest BCUT2D eigenvalue weighted by atomic mass is 35.5. The topological polar surface area (TPSA) is 86.8 Å². The van der Waals surface area contributed by atoms with Crippen LogP contribution in [-0.2, 0) is 26.2 Å². The fraction of sp³-hybridized carbons (Fsp3) is 0.517. The van der Waals surface area contributed by atoms with Crippen LogP contribution in [0.1, 0.15) is 69.4 Å². The van der Waals surface area contributed by atoms with E-state index in [1.165, 1.54) is 10.7 Å². The van der Waals surface area contributed by atoms with Gasteiger partial charge in [-0.3, -0.25) is 13.9 Å². The summed E-state index contributed by atoms with van der Waals surface area (Å²) in [5.74, 6) is -0.342. The first kappa shape index (κ1) is 31.2. The second-order valence-corrected chi connectivity index (χ2v) is 13.1. The molecule has 1 aliphatic rings. The van der Waals surface area contributed by atoms with Gasteiger partial charge in [-0.2, -0.15) is 0 Å². The zero-order valence-electron chi connectivity index (χ0n) is 23.0. The number of carbonyl (C=O) groups excluding carboxylic acids is 2. The minimum absolute atomic E-state index is 0.0897. The predicted octanol–water partition coefficient (Wildman–Crippen LogP) is 6.10. The SMILES string of the molecule is CCC(C(=O)NC1CCCCC1)N(Cc1ccc(Cl)cc1)C(=O)CCCN(c1cc(Cl)ccc1C)S(C)(=O)=O. The van der Waals surface area contributed by atoms with Crippen LogP contribution in [0.25, 0.3) is 0 Å². The third-order valence-electron chi connectivity index (χ3n) is 7.20. The molecule has 1 atom stereocenters. The first-order chi connectivity index (χ1) is 18.5. The van der Waals surface area contributed by atoms with Crippen molar-refractivity contribution in [3.8, 4) is 0 Å². The van der Waals surface area contributed by atoms with Crippen LogP contribution in [0.4, 0.5) is 5.69 Å². The minimum atomic E-state index is -3.61. The minimum Gasteiger partial charge on any atom is -0.352 e. The van der Waals surface area contributed by atoms with Gasteiger partial charge in [-0.1, -0.05) is 67.6 Å². The maximum atomic E-state index is 13.6. The van der Waals surface area contributed by atoms with Gasteiger partial charge < -0.3 is 10.2 Å². The van der Waals surface area contributed by atoms with Crippen LogP contribution in [0.3, 0.4) is 0 Å². The average molecular weight is 597 g/mol. The lowest BCUT2D eigenvalue weighted by atomic mass is 9.95. The van der Waals surface area contributed by atoms with E-state index >= 15 is 0 Å². The van der Waals surface area contributed by atoms with Gasteiger partial charge in [-0.25, -0.2) is 8.42 Å². The molecule has 3 rings (SSSR count). The van der Waals surface area contributed by atoms with E-state index < -0.39 is 16.1 Å². The molecule has 1 fully saturated rings. The molecule has 0 bridgehead atoms. The Labute approximate surface area is 242 Å². The number of rotatable bonds is 12. The average Bonchev–Trinajstić information content (AvgIpc) is 2.89. The molecular weight excluding hydrogens is 557 g/mol. The standard InChI is InChI=1S/C29H39Cl2N3O4S/c1-4-26(29(36)32-25-9-6-5-7-10-25)33(20-22-13-16-23(30)17-14-22)28(35)11-8-18-34(39(3,37)38)27-19-24(31)15-12-21(27)2/h12-17,19,25-26H,4-11,18,20H2,1-3H3,(H,32,36). The monoisotopic (exact) mass is 595 g/mol. The molecule has 1 aliphatic carbocycles. The predicted molar refractivity (Wildman–Crippen MR) is 159 cm³/mol. The normalized spacial score (nSPS) is 15.0. The van der Waals surface area contributed by atoms with Crippen molar-refractivity contribution in [1.82, 2.24) is 10.2 Å². The van der Waals surface area contributed by atoms with Gasteiger partial charge in [-0.05, 0) is 68.0 Å². The van der Waals surface area contributed by atoms with E-state index in [1.807, 2.05) is 26.0 Å². The molecule has 1 N–H and O–H groups in total. The van der Waals surface area contributed by atoms with Gasteiger partial charge >= 0.3 is 0 Å². The number of halogens is 2. The van der Waals surface area contributed by atoms with Crippen LogP contribution in [0.2, 0.25) is 10.0 Å². The number of nitrogens with one attached hydrogen (secondary N) is 1. The van der Waals surface area contributed by atoms with Crippen molar-refractivity contribution in [3.63, 3.8) is 0 Å². The Morgan fingerprint density at radius 3 is 2.28 bits per heavy atom. The highest BCUT2D eigenvalue weighted by molar-refractivity contribution is 7.92. The van der Waals surface area contributed by atoms with Gasteiger partial charge in [0.05, 0.1) is 11.9 Å². The number of carbonyl (C=O) groups is 2. The highest BCUT2D eigenvalue weighted by Crippen LogP contribution is 2.27. The summed E-state index contributed by atoms with van der Waals surface area (Å²) < 4.78 is 26.6. The summed E-state index contributed by atoms with van der Waals surface area (Å²) in [7, 11) is -3.61. The molecule has 214 valence electrons. The van der Waals surface area contributed by atoms with Gasteiger partial charge in [-0.15, -0.1) is 0 Å². The fourth-order valence-corrected chi connectivity index (χ4v) is 6.39. The smallest absolute Gasteiger partial charge is 0.243 e. The number of hydrogen-bond donors (Lipinski definition) is 1. The molecule has 39 heavy (non-hydrogen) atoms. The molecule has 0 saturated heterocycles. The van der Waals surface area contributed by atoms with E-state index in [-0.39, 0.29) is 43.8 Å². The van der Waals surface area contributed by atoms with E-state index in [4.69, 9.17) is 23.2 Å². The zero-order chi connectivity index (χ0) is 28.6. The lowest BCUT2D eigenvalue weighted by Crippen LogP contribution is -2.51. The molecule has 0 spiro atoms. The molecule has 10 heteroatoms. The van der Waals surface area contributed by atoms with Crippen LogP contribution in [0, 0.1) is 6.92 Å². The lowest BCUT2D eigenvalue weighted by molar-refractivity contribution is -0.141. The summed E-state index contributed by atoms with van der Waals surface area (Å²) >= 11 is 12.2. The van der Waals surface area contributed by atoms with Crippen LogP contribution < -0.4 is 9.62 Å². The van der Waals surface area contributed by atoms with Gasteiger partial charge in [0.2, 0.25) is 21.8 Å². The van der Waals surface area contributed by atoms with Crippen molar-refractivity contribution < 1.29 is 18.0 Å². The Morgan fingerprint density at radius 1 is 1.03 bits per heavy atom. The van der Waals surface area contributed by atoms with E-state index in [2.05, 4.69) is 5.32 Å². The zero-order valence-corrected chi connectivity index (χ0v) is 25.3. The number of sulfonamides is 1. The quantitative estimate of drug-likeness (QED) is 0.321. The Morgan fingerprint density at radius 2 is 1.67 bits per heavy atom. The Balaban J connectivity index is 1.77. The van der Waals surface area contributed by atoms with Crippen LogP contribution >= 0.6 is 23.2 Å². The van der Waals surface area contributed by atoms with Crippen LogP contribution in [0.15, 0.2) is 42.5 Å². The number of nitrogens with zero attached hydrogens (tertiary/aromatic N) is 2. The van der Waals surface area contributed by atoms with Crippen molar-refractivity contribution >= 4 is 50.7 Å². The molecule has 1 unspecified atom stereocenters. The summed E-state index contributed by atoms with van der Waals surface area (Å²) in [4.78, 5) is 28.6. The third kappa shape index (κ3) is 9.12. The maximum absolute atomic E-state index is 13.6. The number of amides is 2. The molecule has 0 aromatic heterocycles. The number of anilines is 1. The first-order valence-corrected chi connectivity index (χ1v) is 16.2. The fourth-order valence-electron chi connectivity index (χ4n) is 5.08. The van der Waals surface area contributed by atoms with Crippen LogP contribution in [0.5, 0.6) is 0 Å². The van der Waals surface area contributed by atoms with Crippen molar-refractivity contribution in [1.29, 1.82) is 0 Å². The molecule has 0 radical (unpaired) electrons. The van der Waals surface area contributed by atoms with Gasteiger partial charge in [0.15, 0.2) is 0 Å². The lowest BCUT2D eigenvalue weighted by Gasteiger charge is -2.33. The largest absolute Gasteiger partial charge is 0.352 e. The Kier molecular flexibility index (Phi) is 11.5. The van der Waals surface area contributed by atoms with Crippen molar-refractivity contribution in [2.75, 3.05) is 17.1 Å². The molecule has 2 aromatic carbocycles. The summed E-state index contributed by atoms with van der Waals surface area (Å²) in [5.41, 5.74) is 2.13. The molecule has 0 heterocycles. The number of benzene rings is 2. The third-order valence-corrected chi connectivity index (χ3v) is 8.86. The highest BCUT2D eigenvalue weighted by Gasteiger charge is 2.30. The molecule has 0 aliphatic heterocycles. The van der Waals surface area contributed by atoms with E-state index in [1.54, 1.807) is 35.2 Å². The Hall–Kier alpha value is -2.29. The second-order valence-electron chi connectivity index (χ2n) is 10.3. The summed E-state index contributed by atoms with van der Waals surface area (Å²) in [6, 6.07) is 11.8. The first-order valence-electron chi connectivity index (χ1n) is 13.6. The van der Waals surface area contributed by atoms with Crippen molar-refractivity contribution in [2.24, 2.45) is 0 Å². The summed E-state index contributed by atoms with van der Waals surface area (Å²) in [6.45, 7) is 4.10. The van der Waals surface area contributed by atoms with Gasteiger partial charge in [0.25, 0.3) is 0 Å². The van der Waals surface area contributed by atoms with E-state index in [0.717, 1.165) is 43.1 Å². The molecule has 2 aromatic rings. The summed E-state index contributed by atoms with van der Waals surface area (Å²) in [5, 5.41) is 4.20. The molecule has 1 saturated carbocycles. The van der Waals surface area contributed by atoms with Crippen molar-refractivity contribution in [3.05, 3.63) is 63.6 Å². The molecule has 2 amide bonds.